The summed E-state index contributed by atoms with van der Waals surface area (Å²) in [4.78, 5) is 17.5. The third kappa shape index (κ3) is 5.13. The Morgan fingerprint density at radius 1 is 0.935 bits per heavy atom. The number of nitrogens with zero attached hydrogens (tertiary/aromatic N) is 4. The van der Waals surface area contributed by atoms with Crippen molar-refractivity contribution in [2.45, 2.75) is 27.2 Å². The number of rotatable bonds is 9. The molecule has 2 aromatic rings. The summed E-state index contributed by atoms with van der Waals surface area (Å²) < 4.78 is 5.56. The predicted molar refractivity (Wildman–Crippen MR) is 128 cm³/mol. The Kier molecular flexibility index (Phi) is 8.18. The molecule has 0 aliphatic carbocycles. The van der Waals surface area contributed by atoms with Gasteiger partial charge in [-0.1, -0.05) is 31.2 Å². The molecule has 6 nitrogen and oxygen atoms in total. The van der Waals surface area contributed by atoms with Crippen LogP contribution in [0, 0.1) is 0 Å². The molecule has 0 N–H and O–H groups in total. The average molecular weight is 425 g/mol. The zero-order chi connectivity index (χ0) is 22.2. The molecule has 0 spiro atoms. The van der Waals surface area contributed by atoms with Gasteiger partial charge in [0.2, 0.25) is 0 Å². The van der Waals surface area contributed by atoms with E-state index in [0.717, 1.165) is 74.9 Å². The van der Waals surface area contributed by atoms with Gasteiger partial charge in [0.15, 0.2) is 0 Å². The number of piperazine rings is 1. The van der Waals surface area contributed by atoms with Crippen molar-refractivity contribution in [3.63, 3.8) is 0 Å². The maximum Gasteiger partial charge on any atom is 0.255 e. The fraction of sp³-hybridized carbons (Fsp3) is 0.480. The van der Waals surface area contributed by atoms with Gasteiger partial charge >= 0.3 is 0 Å². The number of amides is 1. The summed E-state index contributed by atoms with van der Waals surface area (Å²) in [5.41, 5.74) is 2.93. The smallest absolute Gasteiger partial charge is 0.255 e. The molecule has 1 heterocycles. The lowest BCUT2D eigenvalue weighted by atomic mass is 10.1. The lowest BCUT2D eigenvalue weighted by Crippen LogP contribution is -2.54. The van der Waals surface area contributed by atoms with Crippen LogP contribution >= 0.6 is 0 Å². The number of hydrogen-bond donors (Lipinski definition) is 0. The van der Waals surface area contributed by atoms with Crippen LogP contribution in [0.4, 0.5) is 11.4 Å². The Hall–Kier alpha value is -2.73. The lowest BCUT2D eigenvalue weighted by Gasteiger charge is -2.43. The number of hydrazine groups is 1. The Bertz CT molecular complexity index is 845. The second-order valence-corrected chi connectivity index (χ2v) is 7.73. The van der Waals surface area contributed by atoms with E-state index < -0.39 is 0 Å². The Balaban J connectivity index is 1.81. The second kappa shape index (κ2) is 11.0. The van der Waals surface area contributed by atoms with Gasteiger partial charge in [-0.05, 0) is 44.5 Å². The zero-order valence-electron chi connectivity index (χ0n) is 19.4. The number of para-hydroxylation sites is 3. The van der Waals surface area contributed by atoms with Gasteiger partial charge in [0.1, 0.15) is 5.75 Å². The van der Waals surface area contributed by atoms with Gasteiger partial charge in [-0.15, -0.1) is 0 Å². The summed E-state index contributed by atoms with van der Waals surface area (Å²) in [6.45, 7) is 12.2. The molecule has 2 aromatic carbocycles. The number of anilines is 2. The highest BCUT2D eigenvalue weighted by Gasteiger charge is 2.27. The van der Waals surface area contributed by atoms with E-state index in [1.165, 1.54) is 0 Å². The van der Waals surface area contributed by atoms with Crippen molar-refractivity contribution in [3.8, 4) is 5.75 Å². The van der Waals surface area contributed by atoms with Crippen molar-refractivity contribution in [1.29, 1.82) is 0 Å². The van der Waals surface area contributed by atoms with Crippen molar-refractivity contribution < 1.29 is 9.53 Å². The zero-order valence-corrected chi connectivity index (χ0v) is 19.4. The van der Waals surface area contributed by atoms with E-state index in [0.29, 0.717) is 0 Å². The third-order valence-corrected chi connectivity index (χ3v) is 5.92. The predicted octanol–water partition coefficient (Wildman–Crippen LogP) is 4.13. The standard InChI is InChI=1S/C25H36N4O2/c1-5-16-29(22-13-9-8-12-21(22)25(30)26(6-2)7-3)28-19-17-27(18-20-28)23-14-10-11-15-24(23)31-4/h8-15H,5-7,16-20H2,1-4H3. The number of ether oxygens (including phenoxy) is 1. The number of hydrogen-bond acceptors (Lipinski definition) is 5. The third-order valence-electron chi connectivity index (χ3n) is 5.92. The summed E-state index contributed by atoms with van der Waals surface area (Å²) >= 11 is 0. The fourth-order valence-electron chi connectivity index (χ4n) is 4.26. The van der Waals surface area contributed by atoms with Gasteiger partial charge in [-0.2, -0.15) is 0 Å². The maximum absolute atomic E-state index is 13.2. The number of carbonyl (C=O) groups is 1. The van der Waals surface area contributed by atoms with Crippen molar-refractivity contribution in [2.24, 2.45) is 0 Å². The highest BCUT2D eigenvalue weighted by molar-refractivity contribution is 5.99. The Morgan fingerprint density at radius 3 is 2.23 bits per heavy atom. The van der Waals surface area contributed by atoms with E-state index in [1.807, 2.05) is 49.1 Å². The Labute approximate surface area is 187 Å². The highest BCUT2D eigenvalue weighted by Crippen LogP contribution is 2.30. The molecule has 0 unspecified atom stereocenters. The van der Waals surface area contributed by atoms with Crippen molar-refractivity contribution >= 4 is 17.3 Å². The number of carbonyl (C=O) groups excluding carboxylic acids is 1. The normalized spacial score (nSPS) is 14.4. The average Bonchev–Trinajstić information content (AvgIpc) is 2.83. The van der Waals surface area contributed by atoms with Crippen LogP contribution in [0.25, 0.3) is 0 Å². The van der Waals surface area contributed by atoms with Crippen molar-refractivity contribution in [3.05, 3.63) is 54.1 Å². The van der Waals surface area contributed by atoms with Crippen LogP contribution in [0.1, 0.15) is 37.6 Å². The van der Waals surface area contributed by atoms with E-state index in [9.17, 15) is 4.79 Å². The van der Waals surface area contributed by atoms with Crippen LogP contribution in [0.15, 0.2) is 48.5 Å². The first kappa shape index (κ1) is 22.9. The first-order chi connectivity index (χ1) is 15.1. The van der Waals surface area contributed by atoms with Gasteiger partial charge in [-0.25, -0.2) is 5.01 Å². The van der Waals surface area contributed by atoms with Crippen molar-refractivity contribution in [1.82, 2.24) is 9.91 Å². The summed E-state index contributed by atoms with van der Waals surface area (Å²) in [5, 5.41) is 4.71. The Morgan fingerprint density at radius 2 is 1.58 bits per heavy atom. The molecular formula is C25H36N4O2. The van der Waals surface area contributed by atoms with Gasteiger partial charge in [0.25, 0.3) is 5.91 Å². The van der Waals surface area contributed by atoms with Crippen LogP contribution < -0.4 is 14.6 Å². The van der Waals surface area contributed by atoms with E-state index in [1.54, 1.807) is 7.11 Å². The number of methoxy groups -OCH3 is 1. The van der Waals surface area contributed by atoms with Crippen LogP contribution in [-0.2, 0) is 0 Å². The molecule has 0 bridgehead atoms. The van der Waals surface area contributed by atoms with E-state index >= 15 is 0 Å². The van der Waals surface area contributed by atoms with E-state index in [2.05, 4.69) is 40.0 Å². The molecule has 0 aromatic heterocycles. The SMILES string of the molecule is CCCN(c1ccccc1C(=O)N(CC)CC)N1CCN(c2ccccc2OC)CC1. The van der Waals surface area contributed by atoms with Gasteiger partial charge < -0.3 is 19.5 Å². The quantitative estimate of drug-likeness (QED) is 0.605. The van der Waals surface area contributed by atoms with Crippen LogP contribution in [-0.4, -0.2) is 68.7 Å². The molecule has 168 valence electrons. The van der Waals surface area contributed by atoms with E-state index in [4.69, 9.17) is 4.74 Å². The van der Waals surface area contributed by atoms with E-state index in [-0.39, 0.29) is 5.91 Å². The summed E-state index contributed by atoms with van der Waals surface area (Å²) in [5.74, 6) is 1.02. The van der Waals surface area contributed by atoms with Gasteiger partial charge in [0.05, 0.1) is 24.0 Å². The molecule has 1 saturated heterocycles. The van der Waals surface area contributed by atoms with Gasteiger partial charge in [-0.3, -0.25) is 4.79 Å². The summed E-state index contributed by atoms with van der Waals surface area (Å²) in [6.07, 6.45) is 1.01. The molecule has 1 aliphatic heterocycles. The molecule has 1 amide bonds. The first-order valence-electron chi connectivity index (χ1n) is 11.4. The minimum absolute atomic E-state index is 0.106. The molecular weight excluding hydrogens is 388 g/mol. The molecule has 1 fully saturated rings. The van der Waals surface area contributed by atoms with Crippen LogP contribution in [0.5, 0.6) is 5.75 Å². The lowest BCUT2D eigenvalue weighted by molar-refractivity contribution is 0.0772. The molecule has 31 heavy (non-hydrogen) atoms. The van der Waals surface area contributed by atoms with Crippen molar-refractivity contribution in [2.75, 3.05) is 62.8 Å². The van der Waals surface area contributed by atoms with Crippen LogP contribution in [0.3, 0.4) is 0 Å². The maximum atomic E-state index is 13.2. The minimum atomic E-state index is 0.106. The monoisotopic (exact) mass is 424 g/mol. The largest absolute Gasteiger partial charge is 0.495 e. The fourth-order valence-corrected chi connectivity index (χ4v) is 4.26. The topological polar surface area (TPSA) is 39.3 Å². The molecule has 6 heteroatoms. The first-order valence-corrected chi connectivity index (χ1v) is 11.4. The molecule has 1 aliphatic rings. The summed E-state index contributed by atoms with van der Waals surface area (Å²) in [7, 11) is 1.72. The number of benzene rings is 2. The minimum Gasteiger partial charge on any atom is -0.495 e. The summed E-state index contributed by atoms with van der Waals surface area (Å²) in [6, 6.07) is 16.2. The molecule has 0 saturated carbocycles. The highest BCUT2D eigenvalue weighted by atomic mass is 16.5. The van der Waals surface area contributed by atoms with Crippen LogP contribution in [0.2, 0.25) is 0 Å². The molecule has 3 rings (SSSR count). The van der Waals surface area contributed by atoms with Gasteiger partial charge in [0, 0.05) is 45.8 Å². The molecule has 0 radical (unpaired) electrons. The second-order valence-electron chi connectivity index (χ2n) is 7.73. The molecule has 0 atom stereocenters.